The normalized spacial score (nSPS) is 32.7. The molecule has 10 nitrogen and oxygen atoms in total. The van der Waals surface area contributed by atoms with Gasteiger partial charge in [0.2, 0.25) is 11.8 Å². The molecule has 0 bridgehead atoms. The Hall–Kier alpha value is -3.50. The number of hydrogen-bond acceptors (Lipinski definition) is 7. The molecule has 0 aromatic heterocycles. The Morgan fingerprint density at radius 3 is 2.49 bits per heavy atom. The number of anilines is 1. The number of fused-ring (bicyclic) bond motifs is 2. The first-order chi connectivity index (χ1) is 20.5. The third-order valence-corrected chi connectivity index (χ3v) is 9.03. The highest BCUT2D eigenvalue weighted by molar-refractivity contribution is 6.06. The van der Waals surface area contributed by atoms with Crippen molar-refractivity contribution < 1.29 is 33.8 Å². The van der Waals surface area contributed by atoms with E-state index in [9.17, 15) is 24.3 Å². The van der Waals surface area contributed by atoms with Crippen LogP contribution >= 0.6 is 0 Å². The van der Waals surface area contributed by atoms with Crippen molar-refractivity contribution in [2.24, 2.45) is 17.8 Å². The Bertz CT molecular complexity index is 1320. The molecule has 4 aliphatic rings. The second kappa shape index (κ2) is 12.2. The zero-order chi connectivity index (χ0) is 31.1. The van der Waals surface area contributed by atoms with E-state index in [1.54, 1.807) is 30.1 Å². The van der Waals surface area contributed by atoms with E-state index in [4.69, 9.17) is 9.47 Å². The van der Waals surface area contributed by atoms with E-state index in [2.05, 4.69) is 5.32 Å². The molecular weight excluding hydrogens is 550 g/mol. The lowest BCUT2D eigenvalue weighted by molar-refractivity contribution is -0.159. The van der Waals surface area contributed by atoms with Gasteiger partial charge < -0.3 is 29.7 Å². The quantitative estimate of drug-likeness (QED) is 0.397. The molecule has 0 radical (unpaired) electrons. The number of aryl methyl sites for hydroxylation is 2. The van der Waals surface area contributed by atoms with Crippen LogP contribution < -0.4 is 10.2 Å². The Kier molecular flexibility index (Phi) is 8.81. The smallest absolute Gasteiger partial charge is 0.313 e. The lowest BCUT2D eigenvalue weighted by Gasteiger charge is -2.39. The van der Waals surface area contributed by atoms with Gasteiger partial charge in [0.15, 0.2) is 0 Å². The number of cyclic esters (lactones) is 1. The van der Waals surface area contributed by atoms with Crippen LogP contribution in [0.15, 0.2) is 42.5 Å². The molecule has 1 aromatic carbocycles. The molecule has 7 atom stereocenters. The molecule has 1 aromatic rings. The standard InChI is InChI=1S/C33H43N3O7/c1-19(2)16-23(18-37)36-29-31(40)35(28-20(3)10-8-11-21(28)4)15-9-14-33(29)27(30(36)39)26-24(43-33)12-6-7-13-25(38)34-17-22(5)42-32(26)41/h6,8-12,14,19,22-24,26-27,29,37H,7,13,15-18H2,1-5H3,(H,34,38)/b12-6-/t22-,23-,24-,26+,27+,29-,33+/m1/s1. The maximum Gasteiger partial charge on any atom is 0.313 e. The highest BCUT2D eigenvalue weighted by Gasteiger charge is 2.72. The number of rotatable bonds is 5. The fraction of sp³-hybridized carbons (Fsp3) is 0.576. The number of allylic oxidation sites excluding steroid dienone is 1. The van der Waals surface area contributed by atoms with Gasteiger partial charge in [-0.2, -0.15) is 0 Å². The largest absolute Gasteiger partial charge is 0.460 e. The third kappa shape index (κ3) is 5.51. The molecule has 1 spiro atoms. The van der Waals surface area contributed by atoms with E-state index >= 15 is 0 Å². The molecule has 43 heavy (non-hydrogen) atoms. The summed E-state index contributed by atoms with van der Waals surface area (Å²) >= 11 is 0. The zero-order valence-electron chi connectivity index (χ0n) is 25.6. The molecule has 3 amide bonds. The Labute approximate surface area is 253 Å². The molecule has 232 valence electrons. The molecule has 2 fully saturated rings. The number of nitrogens with one attached hydrogen (secondary N) is 1. The van der Waals surface area contributed by atoms with Crippen molar-refractivity contribution >= 4 is 29.4 Å². The van der Waals surface area contributed by atoms with Crippen LogP contribution in [-0.2, 0) is 28.7 Å². The molecule has 0 saturated carbocycles. The van der Waals surface area contributed by atoms with Crippen molar-refractivity contribution in [3.63, 3.8) is 0 Å². The molecule has 0 unspecified atom stereocenters. The van der Waals surface area contributed by atoms with E-state index in [-0.39, 0.29) is 43.8 Å². The Morgan fingerprint density at radius 2 is 1.81 bits per heavy atom. The van der Waals surface area contributed by atoms with Gasteiger partial charge in [0, 0.05) is 18.7 Å². The molecule has 10 heteroatoms. The van der Waals surface area contributed by atoms with Gasteiger partial charge in [0.05, 0.1) is 31.2 Å². The van der Waals surface area contributed by atoms with Crippen molar-refractivity contribution in [2.45, 2.75) is 83.8 Å². The summed E-state index contributed by atoms with van der Waals surface area (Å²) in [4.78, 5) is 58.6. The summed E-state index contributed by atoms with van der Waals surface area (Å²) in [5.74, 6) is -3.42. The van der Waals surface area contributed by atoms with Crippen LogP contribution in [0.5, 0.6) is 0 Å². The minimum atomic E-state index is -1.46. The number of carbonyl (C=O) groups is 4. The Morgan fingerprint density at radius 1 is 1.09 bits per heavy atom. The maximum absolute atomic E-state index is 14.8. The Balaban J connectivity index is 1.65. The van der Waals surface area contributed by atoms with Crippen LogP contribution in [-0.4, -0.2) is 83.3 Å². The van der Waals surface area contributed by atoms with Gasteiger partial charge in [-0.15, -0.1) is 0 Å². The number of hydrogen-bond donors (Lipinski definition) is 2. The first kappa shape index (κ1) is 30.9. The second-order valence-corrected chi connectivity index (χ2v) is 12.7. The average molecular weight is 594 g/mol. The number of ether oxygens (including phenoxy) is 2. The number of carbonyl (C=O) groups excluding carboxylic acids is 4. The molecule has 0 aliphatic carbocycles. The number of nitrogens with zero attached hydrogens (tertiary/aromatic N) is 2. The van der Waals surface area contributed by atoms with Crippen LogP contribution in [0.1, 0.15) is 51.2 Å². The first-order valence-electron chi connectivity index (χ1n) is 15.3. The maximum atomic E-state index is 14.8. The molecule has 4 heterocycles. The van der Waals surface area contributed by atoms with Crippen LogP contribution in [0.3, 0.4) is 0 Å². The van der Waals surface area contributed by atoms with E-state index in [0.29, 0.717) is 12.8 Å². The highest BCUT2D eigenvalue weighted by Crippen LogP contribution is 2.54. The van der Waals surface area contributed by atoms with Crippen molar-refractivity contribution in [3.05, 3.63) is 53.6 Å². The first-order valence-corrected chi connectivity index (χ1v) is 15.3. The topological polar surface area (TPSA) is 125 Å². The van der Waals surface area contributed by atoms with Gasteiger partial charge in [-0.3, -0.25) is 19.2 Å². The van der Waals surface area contributed by atoms with Gasteiger partial charge >= 0.3 is 5.97 Å². The van der Waals surface area contributed by atoms with Crippen molar-refractivity contribution in [2.75, 3.05) is 24.6 Å². The summed E-state index contributed by atoms with van der Waals surface area (Å²) in [5, 5.41) is 13.3. The monoisotopic (exact) mass is 593 g/mol. The van der Waals surface area contributed by atoms with Crippen LogP contribution in [0, 0.1) is 31.6 Å². The number of para-hydroxylation sites is 1. The van der Waals surface area contributed by atoms with Gasteiger partial charge in [-0.25, -0.2) is 0 Å². The highest BCUT2D eigenvalue weighted by atomic mass is 16.6. The van der Waals surface area contributed by atoms with Crippen molar-refractivity contribution in [1.82, 2.24) is 10.2 Å². The minimum absolute atomic E-state index is 0.131. The van der Waals surface area contributed by atoms with Crippen LogP contribution in [0.25, 0.3) is 0 Å². The molecular formula is C33H43N3O7. The summed E-state index contributed by atoms with van der Waals surface area (Å²) in [6.45, 7) is 9.65. The lowest BCUT2D eigenvalue weighted by atomic mass is 9.78. The van der Waals surface area contributed by atoms with E-state index < -0.39 is 53.6 Å². The summed E-state index contributed by atoms with van der Waals surface area (Å²) in [6, 6.07) is 4.07. The molecule has 4 aliphatic heterocycles. The lowest BCUT2D eigenvalue weighted by Crippen LogP contribution is -2.58. The average Bonchev–Trinajstić information content (AvgIpc) is 3.34. The van der Waals surface area contributed by atoms with Crippen molar-refractivity contribution in [3.8, 4) is 0 Å². The van der Waals surface area contributed by atoms with Crippen molar-refractivity contribution in [1.29, 1.82) is 0 Å². The second-order valence-electron chi connectivity index (χ2n) is 12.7. The van der Waals surface area contributed by atoms with E-state index in [0.717, 1.165) is 16.8 Å². The van der Waals surface area contributed by atoms with Gasteiger partial charge in [0.25, 0.3) is 5.91 Å². The fourth-order valence-corrected chi connectivity index (χ4v) is 7.25. The van der Waals surface area contributed by atoms with E-state index in [1.807, 2.05) is 52.0 Å². The van der Waals surface area contributed by atoms with Crippen LogP contribution in [0.4, 0.5) is 5.69 Å². The predicted molar refractivity (Wildman–Crippen MR) is 160 cm³/mol. The number of amides is 3. The van der Waals surface area contributed by atoms with Crippen LogP contribution in [0.2, 0.25) is 0 Å². The number of benzene rings is 1. The SMILES string of the molecule is Cc1cccc(C)c1N1CC=C[C@]23O[C@@H]4/C=C\CCC(=O)NC[C@@H](C)OC(=O)[C@@H]4[C@H]2C(=O)N([C@@H](CO)CC(C)C)[C@@H]3C1=O. The third-order valence-electron chi connectivity index (χ3n) is 9.03. The minimum Gasteiger partial charge on any atom is -0.460 e. The number of likely N-dealkylation sites (tertiary alicyclic amines) is 1. The summed E-state index contributed by atoms with van der Waals surface area (Å²) < 4.78 is 12.5. The van der Waals surface area contributed by atoms with E-state index in [1.165, 1.54) is 4.90 Å². The summed E-state index contributed by atoms with van der Waals surface area (Å²) in [6.07, 6.45) is 6.82. The molecule has 2 saturated heterocycles. The van der Waals surface area contributed by atoms with Gasteiger partial charge in [0.1, 0.15) is 23.7 Å². The zero-order valence-corrected chi connectivity index (χ0v) is 25.6. The molecule has 2 N–H and O–H groups in total. The summed E-state index contributed by atoms with van der Waals surface area (Å²) in [7, 11) is 0. The number of esters is 1. The molecule has 5 rings (SSSR count). The fourth-order valence-electron chi connectivity index (χ4n) is 7.25. The predicted octanol–water partition coefficient (Wildman–Crippen LogP) is 2.59. The van der Waals surface area contributed by atoms with Gasteiger partial charge in [-0.05, 0) is 50.7 Å². The number of aliphatic hydroxyl groups is 1. The van der Waals surface area contributed by atoms with Gasteiger partial charge in [-0.1, -0.05) is 56.4 Å². The number of aliphatic hydroxyl groups excluding tert-OH is 1. The summed E-state index contributed by atoms with van der Waals surface area (Å²) in [5.41, 5.74) is 1.15.